The van der Waals surface area contributed by atoms with E-state index in [4.69, 9.17) is 0 Å². The number of hydrogen-bond acceptors (Lipinski definition) is 4. The van der Waals surface area contributed by atoms with Crippen molar-refractivity contribution in [2.45, 2.75) is 12.3 Å². The van der Waals surface area contributed by atoms with Crippen molar-refractivity contribution in [3.63, 3.8) is 0 Å². The Hall–Kier alpha value is -3.03. The molecular weight excluding hydrogens is 337 g/mol. The molecule has 0 aliphatic heterocycles. The van der Waals surface area contributed by atoms with Crippen LogP contribution in [-0.4, -0.2) is 25.2 Å². The van der Waals surface area contributed by atoms with Gasteiger partial charge in [-0.05, 0) is 12.1 Å². The van der Waals surface area contributed by atoms with Crippen molar-refractivity contribution in [1.82, 2.24) is 5.32 Å². The summed E-state index contributed by atoms with van der Waals surface area (Å²) in [5.41, 5.74) is -1.06. The standard InChI is InChI=1S/C17H15F3N2O3/c1-25-16(24)22-15(14(23)11-7-3-2-4-8-11)21-13-10-6-5-9-12(13)17(18,19)20/h2-10,15,21H,1H3,(H,22,24)/t15-/m1/s1. The molecule has 2 aromatic rings. The van der Waals surface area contributed by atoms with Crippen molar-refractivity contribution in [2.75, 3.05) is 12.4 Å². The molecule has 0 saturated carbocycles. The maximum absolute atomic E-state index is 13.1. The minimum atomic E-state index is -4.62. The molecule has 5 nitrogen and oxygen atoms in total. The maximum Gasteiger partial charge on any atom is 0.418 e. The van der Waals surface area contributed by atoms with Crippen molar-refractivity contribution in [1.29, 1.82) is 0 Å². The highest BCUT2D eigenvalue weighted by Gasteiger charge is 2.34. The minimum Gasteiger partial charge on any atom is -0.453 e. The zero-order chi connectivity index (χ0) is 18.4. The van der Waals surface area contributed by atoms with Gasteiger partial charge in [0.1, 0.15) is 0 Å². The Morgan fingerprint density at radius 3 is 2.20 bits per heavy atom. The number of rotatable bonds is 5. The van der Waals surface area contributed by atoms with E-state index in [-0.39, 0.29) is 11.3 Å². The molecule has 0 bridgehead atoms. The molecule has 0 aliphatic carbocycles. The number of carbonyl (C=O) groups is 2. The zero-order valence-electron chi connectivity index (χ0n) is 13.1. The average Bonchev–Trinajstić information content (AvgIpc) is 2.60. The summed E-state index contributed by atoms with van der Waals surface area (Å²) in [5, 5.41) is 4.64. The van der Waals surface area contributed by atoms with Gasteiger partial charge in [-0.3, -0.25) is 10.1 Å². The summed E-state index contributed by atoms with van der Waals surface area (Å²) in [4.78, 5) is 24.0. The molecule has 0 fully saturated rings. The Balaban J connectivity index is 2.35. The number of carbonyl (C=O) groups excluding carboxylic acids is 2. The van der Waals surface area contributed by atoms with Crippen LogP contribution in [0.3, 0.4) is 0 Å². The molecule has 0 aromatic heterocycles. The summed E-state index contributed by atoms with van der Waals surface area (Å²) in [5.74, 6) is -0.608. The largest absolute Gasteiger partial charge is 0.453 e. The molecule has 2 N–H and O–H groups in total. The lowest BCUT2D eigenvalue weighted by Crippen LogP contribution is -2.46. The van der Waals surface area contributed by atoms with Gasteiger partial charge in [-0.2, -0.15) is 13.2 Å². The zero-order valence-corrected chi connectivity index (χ0v) is 13.1. The number of benzene rings is 2. The second kappa shape index (κ2) is 7.69. The molecule has 0 radical (unpaired) electrons. The van der Waals surface area contributed by atoms with Crippen LogP contribution in [0.25, 0.3) is 0 Å². The molecule has 0 heterocycles. The lowest BCUT2D eigenvalue weighted by Gasteiger charge is -2.22. The van der Waals surface area contributed by atoms with Crippen LogP contribution < -0.4 is 10.6 Å². The molecule has 2 aromatic carbocycles. The first-order chi connectivity index (χ1) is 11.8. The van der Waals surface area contributed by atoms with Gasteiger partial charge in [0.2, 0.25) is 5.78 Å². The summed E-state index contributed by atoms with van der Waals surface area (Å²) >= 11 is 0. The fourth-order valence-corrected chi connectivity index (χ4v) is 2.12. The molecule has 8 heteroatoms. The van der Waals surface area contributed by atoms with Gasteiger partial charge in [0.05, 0.1) is 12.7 Å². The predicted molar refractivity (Wildman–Crippen MR) is 85.2 cm³/mol. The highest BCUT2D eigenvalue weighted by molar-refractivity contribution is 6.02. The number of hydrogen-bond donors (Lipinski definition) is 2. The number of alkyl carbamates (subject to hydrolysis) is 1. The Kier molecular flexibility index (Phi) is 5.63. The minimum absolute atomic E-state index is 0.223. The van der Waals surface area contributed by atoms with E-state index in [0.29, 0.717) is 0 Å². The number of ether oxygens (including phenoxy) is 1. The highest BCUT2D eigenvalue weighted by atomic mass is 19.4. The Bertz CT molecular complexity index is 748. The molecule has 1 atom stereocenters. The third kappa shape index (κ3) is 4.72. The van der Waals surface area contributed by atoms with E-state index in [2.05, 4.69) is 15.4 Å². The monoisotopic (exact) mass is 352 g/mol. The first kappa shape index (κ1) is 18.3. The van der Waals surface area contributed by atoms with Crippen molar-refractivity contribution in [3.8, 4) is 0 Å². The Morgan fingerprint density at radius 1 is 1.00 bits per heavy atom. The van der Waals surface area contributed by atoms with Gasteiger partial charge in [0.15, 0.2) is 6.17 Å². The van der Waals surface area contributed by atoms with Gasteiger partial charge in [-0.15, -0.1) is 0 Å². The number of nitrogens with one attached hydrogen (secondary N) is 2. The van der Waals surface area contributed by atoms with E-state index in [1.54, 1.807) is 18.2 Å². The smallest absolute Gasteiger partial charge is 0.418 e. The molecule has 0 saturated heterocycles. The van der Waals surface area contributed by atoms with E-state index in [1.165, 1.54) is 30.3 Å². The number of halogens is 3. The summed E-state index contributed by atoms with van der Waals surface area (Å²) < 4.78 is 43.8. The van der Waals surface area contributed by atoms with Crippen molar-refractivity contribution < 1.29 is 27.5 Å². The lowest BCUT2D eigenvalue weighted by atomic mass is 10.1. The quantitative estimate of drug-likeness (QED) is 0.636. The predicted octanol–water partition coefficient (Wildman–Crippen LogP) is 3.68. The summed E-state index contributed by atoms with van der Waals surface area (Å²) in [6.45, 7) is 0. The number of methoxy groups -OCH3 is 1. The van der Waals surface area contributed by atoms with E-state index in [1.807, 2.05) is 0 Å². The van der Waals surface area contributed by atoms with Crippen LogP contribution in [0.1, 0.15) is 15.9 Å². The van der Waals surface area contributed by atoms with Crippen LogP contribution in [0.5, 0.6) is 0 Å². The van der Waals surface area contributed by atoms with Gasteiger partial charge in [0.25, 0.3) is 0 Å². The maximum atomic E-state index is 13.1. The van der Waals surface area contributed by atoms with Crippen LogP contribution in [0.4, 0.5) is 23.7 Å². The number of anilines is 1. The molecule has 25 heavy (non-hydrogen) atoms. The van der Waals surface area contributed by atoms with E-state index >= 15 is 0 Å². The fraction of sp³-hybridized carbons (Fsp3) is 0.176. The molecular formula is C17H15F3N2O3. The van der Waals surface area contributed by atoms with Crippen molar-refractivity contribution >= 4 is 17.6 Å². The average molecular weight is 352 g/mol. The number of para-hydroxylation sites is 1. The third-order valence-electron chi connectivity index (χ3n) is 3.30. The summed E-state index contributed by atoms with van der Waals surface area (Å²) in [6, 6.07) is 12.6. The van der Waals surface area contributed by atoms with E-state index in [9.17, 15) is 22.8 Å². The Morgan fingerprint density at radius 2 is 1.60 bits per heavy atom. The Labute approximate surface area is 141 Å². The number of Topliss-reactive ketones (excluding diaryl/α,β-unsaturated/α-hetero) is 1. The van der Waals surface area contributed by atoms with Crippen LogP contribution >= 0.6 is 0 Å². The number of ketones is 1. The third-order valence-corrected chi connectivity index (χ3v) is 3.30. The van der Waals surface area contributed by atoms with Gasteiger partial charge in [-0.1, -0.05) is 42.5 Å². The molecule has 0 unspecified atom stereocenters. The topological polar surface area (TPSA) is 67.4 Å². The van der Waals surface area contributed by atoms with Crippen LogP contribution in [0, 0.1) is 0 Å². The molecule has 2 rings (SSSR count). The molecule has 0 spiro atoms. The second-order valence-corrected chi connectivity index (χ2v) is 4.99. The SMILES string of the molecule is COC(=O)N[C@@H](Nc1ccccc1C(F)(F)F)C(=O)c1ccccc1. The number of amides is 1. The fourth-order valence-electron chi connectivity index (χ4n) is 2.12. The molecule has 132 valence electrons. The van der Waals surface area contributed by atoms with Crippen LogP contribution in [-0.2, 0) is 10.9 Å². The molecule has 0 aliphatic rings. The lowest BCUT2D eigenvalue weighted by molar-refractivity contribution is -0.137. The van der Waals surface area contributed by atoms with Crippen molar-refractivity contribution in [3.05, 3.63) is 65.7 Å². The van der Waals surface area contributed by atoms with E-state index in [0.717, 1.165) is 13.2 Å². The van der Waals surface area contributed by atoms with E-state index < -0.39 is 29.8 Å². The van der Waals surface area contributed by atoms with Crippen LogP contribution in [0.2, 0.25) is 0 Å². The van der Waals surface area contributed by atoms with Gasteiger partial charge in [-0.25, -0.2) is 4.79 Å². The summed E-state index contributed by atoms with van der Waals surface area (Å²) in [7, 11) is 1.09. The summed E-state index contributed by atoms with van der Waals surface area (Å²) in [6.07, 6.45) is -7.00. The van der Waals surface area contributed by atoms with Gasteiger partial charge < -0.3 is 10.1 Å². The van der Waals surface area contributed by atoms with Crippen molar-refractivity contribution in [2.24, 2.45) is 0 Å². The molecule has 1 amide bonds. The van der Waals surface area contributed by atoms with Gasteiger partial charge >= 0.3 is 12.3 Å². The number of alkyl halides is 3. The first-order valence-corrected chi connectivity index (χ1v) is 7.19. The second-order valence-electron chi connectivity index (χ2n) is 4.99. The van der Waals surface area contributed by atoms with Gasteiger partial charge in [0, 0.05) is 11.3 Å². The first-order valence-electron chi connectivity index (χ1n) is 7.19. The highest BCUT2D eigenvalue weighted by Crippen LogP contribution is 2.34. The van der Waals surface area contributed by atoms with Crippen LogP contribution in [0.15, 0.2) is 54.6 Å². The normalized spacial score (nSPS) is 12.2.